The van der Waals surface area contributed by atoms with Crippen molar-refractivity contribution in [2.75, 3.05) is 10.6 Å². The first kappa shape index (κ1) is 13.7. The molecule has 1 aliphatic carbocycles. The smallest absolute Gasteiger partial charge is 0.233 e. The van der Waals surface area contributed by atoms with E-state index in [0.717, 1.165) is 23.0 Å². The molecule has 0 aliphatic heterocycles. The van der Waals surface area contributed by atoms with Gasteiger partial charge in [0.05, 0.1) is 17.9 Å². The quantitative estimate of drug-likeness (QED) is 0.743. The summed E-state index contributed by atoms with van der Waals surface area (Å²) in [6.45, 7) is 2.36. The zero-order chi connectivity index (χ0) is 15.8. The van der Waals surface area contributed by atoms with E-state index in [1.165, 1.54) is 12.8 Å². The molecule has 0 bridgehead atoms. The first-order valence-corrected chi connectivity index (χ1v) is 7.52. The predicted octanol–water partition coefficient (Wildman–Crippen LogP) is 2.29. The number of hydrogen-bond donors (Lipinski definition) is 2. The van der Waals surface area contributed by atoms with Crippen LogP contribution in [0.3, 0.4) is 0 Å². The maximum Gasteiger partial charge on any atom is 0.233 e. The standard InChI is InChI=1S/C15H17N7O/c1-9-6-14(20-19-9)22(15-17-5-4-13(16)18-15)8-11-7-12(21-23-11)10-2-3-10/h4-7,10H,2-3,8H2,1H3,(H,19,20)(H2,16,17,18). The van der Waals surface area contributed by atoms with Crippen LogP contribution in [-0.4, -0.2) is 25.3 Å². The Hall–Kier alpha value is -2.90. The molecule has 0 spiro atoms. The van der Waals surface area contributed by atoms with Crippen molar-refractivity contribution >= 4 is 17.6 Å². The lowest BCUT2D eigenvalue weighted by Crippen LogP contribution is -2.19. The van der Waals surface area contributed by atoms with Gasteiger partial charge in [-0.25, -0.2) is 4.98 Å². The van der Waals surface area contributed by atoms with Gasteiger partial charge >= 0.3 is 0 Å². The van der Waals surface area contributed by atoms with Crippen LogP contribution in [-0.2, 0) is 6.54 Å². The number of aromatic amines is 1. The monoisotopic (exact) mass is 311 g/mol. The minimum atomic E-state index is 0.410. The van der Waals surface area contributed by atoms with Crippen molar-refractivity contribution in [3.05, 3.63) is 41.5 Å². The average Bonchev–Trinajstić information content (AvgIpc) is 3.13. The Morgan fingerprint density at radius 1 is 1.39 bits per heavy atom. The van der Waals surface area contributed by atoms with Crippen molar-refractivity contribution < 1.29 is 4.52 Å². The summed E-state index contributed by atoms with van der Waals surface area (Å²) in [6.07, 6.45) is 4.01. The van der Waals surface area contributed by atoms with Crippen molar-refractivity contribution in [1.29, 1.82) is 0 Å². The third-order valence-electron chi connectivity index (χ3n) is 3.78. The Morgan fingerprint density at radius 3 is 2.96 bits per heavy atom. The summed E-state index contributed by atoms with van der Waals surface area (Å²) in [7, 11) is 0. The molecule has 0 radical (unpaired) electrons. The molecule has 0 unspecified atom stereocenters. The summed E-state index contributed by atoms with van der Waals surface area (Å²) in [5.74, 6) is 2.98. The van der Waals surface area contributed by atoms with E-state index in [0.29, 0.717) is 24.2 Å². The van der Waals surface area contributed by atoms with Crippen LogP contribution in [0.25, 0.3) is 0 Å². The second-order valence-electron chi connectivity index (χ2n) is 5.75. The molecule has 0 atom stereocenters. The molecule has 118 valence electrons. The van der Waals surface area contributed by atoms with E-state index in [-0.39, 0.29) is 0 Å². The number of nitrogen functional groups attached to an aromatic ring is 1. The Kier molecular flexibility index (Phi) is 3.22. The van der Waals surface area contributed by atoms with Crippen LogP contribution >= 0.6 is 0 Å². The molecule has 8 nitrogen and oxygen atoms in total. The van der Waals surface area contributed by atoms with Gasteiger partial charge in [-0.05, 0) is 25.8 Å². The molecule has 23 heavy (non-hydrogen) atoms. The highest BCUT2D eigenvalue weighted by Gasteiger charge is 2.27. The van der Waals surface area contributed by atoms with Crippen molar-refractivity contribution in [2.45, 2.75) is 32.2 Å². The van der Waals surface area contributed by atoms with E-state index in [2.05, 4.69) is 25.3 Å². The Labute approximate surface area is 132 Å². The second-order valence-corrected chi connectivity index (χ2v) is 5.75. The first-order chi connectivity index (χ1) is 11.2. The van der Waals surface area contributed by atoms with Crippen molar-refractivity contribution in [3.63, 3.8) is 0 Å². The highest BCUT2D eigenvalue weighted by Crippen LogP contribution is 2.39. The summed E-state index contributed by atoms with van der Waals surface area (Å²) < 4.78 is 5.46. The SMILES string of the molecule is Cc1cc(N(Cc2cc(C3CC3)no2)c2nccc(N)n2)[nH]n1. The lowest BCUT2D eigenvalue weighted by molar-refractivity contribution is 0.377. The van der Waals surface area contributed by atoms with E-state index in [4.69, 9.17) is 10.3 Å². The highest BCUT2D eigenvalue weighted by molar-refractivity contribution is 5.54. The summed E-state index contributed by atoms with van der Waals surface area (Å²) in [5, 5.41) is 11.3. The van der Waals surface area contributed by atoms with Crippen LogP contribution in [0.1, 0.15) is 35.9 Å². The Morgan fingerprint density at radius 2 is 2.26 bits per heavy atom. The number of nitrogens with zero attached hydrogens (tertiary/aromatic N) is 5. The third-order valence-corrected chi connectivity index (χ3v) is 3.78. The van der Waals surface area contributed by atoms with Crippen LogP contribution in [0.4, 0.5) is 17.6 Å². The van der Waals surface area contributed by atoms with Crippen molar-refractivity contribution in [3.8, 4) is 0 Å². The van der Waals surface area contributed by atoms with Crippen LogP contribution in [0.15, 0.2) is 28.9 Å². The number of rotatable bonds is 5. The molecule has 1 fully saturated rings. The molecule has 1 saturated carbocycles. The first-order valence-electron chi connectivity index (χ1n) is 7.52. The molecule has 0 aromatic carbocycles. The lowest BCUT2D eigenvalue weighted by Gasteiger charge is -2.19. The van der Waals surface area contributed by atoms with Gasteiger partial charge < -0.3 is 10.3 Å². The number of aryl methyl sites for hydroxylation is 1. The lowest BCUT2D eigenvalue weighted by atomic mass is 10.2. The molecular formula is C15H17N7O. The molecular weight excluding hydrogens is 294 g/mol. The van der Waals surface area contributed by atoms with Gasteiger partial charge in [-0.2, -0.15) is 10.1 Å². The summed E-state index contributed by atoms with van der Waals surface area (Å²) >= 11 is 0. The molecule has 4 rings (SSSR count). The third kappa shape index (κ3) is 2.87. The van der Waals surface area contributed by atoms with Crippen molar-refractivity contribution in [1.82, 2.24) is 25.3 Å². The molecule has 3 heterocycles. The fraction of sp³-hybridized carbons (Fsp3) is 0.333. The highest BCUT2D eigenvalue weighted by atomic mass is 16.5. The number of nitrogens with two attached hydrogens (primary N) is 1. The zero-order valence-corrected chi connectivity index (χ0v) is 12.7. The maximum atomic E-state index is 5.79. The maximum absolute atomic E-state index is 5.79. The number of anilines is 3. The normalized spacial score (nSPS) is 14.1. The molecule has 3 N–H and O–H groups in total. The predicted molar refractivity (Wildman–Crippen MR) is 84.1 cm³/mol. The second kappa shape index (κ2) is 5.38. The number of H-pyrrole nitrogens is 1. The van der Waals surface area contributed by atoms with Gasteiger partial charge in [0.2, 0.25) is 5.95 Å². The Balaban J connectivity index is 1.66. The van der Waals surface area contributed by atoms with Gasteiger partial charge in [-0.1, -0.05) is 5.16 Å². The largest absolute Gasteiger partial charge is 0.384 e. The van der Waals surface area contributed by atoms with Crippen LogP contribution in [0.2, 0.25) is 0 Å². The van der Waals surface area contributed by atoms with Gasteiger partial charge in [0.15, 0.2) is 5.76 Å². The van der Waals surface area contributed by atoms with E-state index in [1.54, 1.807) is 12.3 Å². The van der Waals surface area contributed by atoms with E-state index >= 15 is 0 Å². The molecule has 0 amide bonds. The van der Waals surface area contributed by atoms with Crippen LogP contribution in [0.5, 0.6) is 0 Å². The number of hydrogen-bond acceptors (Lipinski definition) is 7. The minimum absolute atomic E-state index is 0.410. The van der Waals surface area contributed by atoms with Gasteiger partial charge in [-0.15, -0.1) is 0 Å². The van der Waals surface area contributed by atoms with Crippen molar-refractivity contribution in [2.24, 2.45) is 0 Å². The van der Waals surface area contributed by atoms with E-state index < -0.39 is 0 Å². The van der Waals surface area contributed by atoms with Gasteiger partial charge in [-0.3, -0.25) is 10.00 Å². The summed E-state index contributed by atoms with van der Waals surface area (Å²) in [5.41, 5.74) is 7.69. The van der Waals surface area contributed by atoms with Gasteiger partial charge in [0.25, 0.3) is 0 Å². The Bertz CT molecular complexity index is 821. The van der Waals surface area contributed by atoms with E-state index in [9.17, 15) is 0 Å². The number of nitrogens with one attached hydrogen (secondary N) is 1. The van der Waals surface area contributed by atoms with Gasteiger partial charge in [0.1, 0.15) is 11.6 Å². The van der Waals surface area contributed by atoms with Crippen LogP contribution in [0, 0.1) is 6.92 Å². The molecule has 3 aromatic heterocycles. The molecule has 3 aromatic rings. The minimum Gasteiger partial charge on any atom is -0.384 e. The average molecular weight is 311 g/mol. The fourth-order valence-corrected chi connectivity index (χ4v) is 2.43. The topological polar surface area (TPSA) is 110 Å². The van der Waals surface area contributed by atoms with Gasteiger partial charge in [0, 0.05) is 24.2 Å². The number of aromatic nitrogens is 5. The molecule has 0 saturated heterocycles. The fourth-order valence-electron chi connectivity index (χ4n) is 2.43. The van der Waals surface area contributed by atoms with Crippen LogP contribution < -0.4 is 10.6 Å². The zero-order valence-electron chi connectivity index (χ0n) is 12.7. The molecule has 1 aliphatic rings. The summed E-state index contributed by atoms with van der Waals surface area (Å²) in [4.78, 5) is 10.5. The van der Waals surface area contributed by atoms with E-state index in [1.807, 2.05) is 24.0 Å². The molecule has 8 heteroatoms. The summed E-state index contributed by atoms with van der Waals surface area (Å²) in [6, 6.07) is 5.57.